The van der Waals surface area contributed by atoms with Crippen LogP contribution in [0, 0.1) is 0 Å². The fourth-order valence-corrected chi connectivity index (χ4v) is 7.15. The van der Waals surface area contributed by atoms with Gasteiger partial charge < -0.3 is 15.3 Å². The molecule has 1 saturated heterocycles. The van der Waals surface area contributed by atoms with E-state index in [2.05, 4.69) is 10.3 Å². The van der Waals surface area contributed by atoms with E-state index < -0.39 is 15.5 Å². The van der Waals surface area contributed by atoms with E-state index in [-0.39, 0.29) is 42.0 Å². The summed E-state index contributed by atoms with van der Waals surface area (Å²) < 4.78 is 26.4. The average Bonchev–Trinajstić information content (AvgIpc) is 3.20. The number of H-pyrrole nitrogens is 1. The molecule has 2 amide bonds. The van der Waals surface area contributed by atoms with Gasteiger partial charge in [0.15, 0.2) is 9.84 Å². The summed E-state index contributed by atoms with van der Waals surface area (Å²) in [6.45, 7) is 2.51. The number of benzene rings is 2. The van der Waals surface area contributed by atoms with Crippen molar-refractivity contribution in [2.24, 2.45) is 0 Å². The molecule has 0 radical (unpaired) electrons. The Kier molecular flexibility index (Phi) is 6.87. The molecular formula is C27H30N4O6S. The van der Waals surface area contributed by atoms with Gasteiger partial charge in [-0.25, -0.2) is 13.2 Å². The van der Waals surface area contributed by atoms with Gasteiger partial charge in [-0.15, -0.1) is 0 Å². The van der Waals surface area contributed by atoms with Crippen molar-refractivity contribution in [3.8, 4) is 5.88 Å². The highest BCUT2D eigenvalue weighted by Crippen LogP contribution is 2.38. The Morgan fingerprint density at radius 1 is 1.05 bits per heavy atom. The molecule has 3 aromatic rings. The number of carbonyl (C=O) groups excluding carboxylic acids is 2. The third-order valence-corrected chi connectivity index (χ3v) is 9.39. The first-order valence-corrected chi connectivity index (χ1v) is 14.3. The van der Waals surface area contributed by atoms with Gasteiger partial charge >= 0.3 is 5.69 Å². The lowest BCUT2D eigenvalue weighted by Crippen LogP contribution is -2.40. The van der Waals surface area contributed by atoms with Crippen LogP contribution in [-0.4, -0.2) is 58.6 Å². The second kappa shape index (κ2) is 10.1. The smallest absolute Gasteiger partial charge is 0.328 e. The molecule has 1 fully saturated rings. The summed E-state index contributed by atoms with van der Waals surface area (Å²) >= 11 is 0. The minimum atomic E-state index is -3.29. The minimum absolute atomic E-state index is 0.0102. The van der Waals surface area contributed by atoms with Crippen LogP contribution in [0.15, 0.2) is 58.2 Å². The number of aromatic nitrogens is 2. The van der Waals surface area contributed by atoms with E-state index in [0.717, 1.165) is 11.1 Å². The molecule has 1 unspecified atom stereocenters. The molecule has 0 aliphatic carbocycles. The molecule has 1 aromatic heterocycles. The van der Waals surface area contributed by atoms with E-state index in [9.17, 15) is 27.9 Å². The number of fused-ring (bicyclic) bond motifs is 1. The van der Waals surface area contributed by atoms with Gasteiger partial charge in [-0.2, -0.15) is 0 Å². The SMILES string of the molecule is CC(=O)N1CCC(n2c(CNC(=O)c3ccc(C4CCS(=O)(=O)c5ccccc54)cc3)c(O)[nH]c2=O)CC1. The molecule has 2 aliphatic rings. The summed E-state index contributed by atoms with van der Waals surface area (Å²) in [5.74, 6) is -0.664. The van der Waals surface area contributed by atoms with Gasteiger partial charge in [-0.1, -0.05) is 30.3 Å². The van der Waals surface area contributed by atoms with Crippen molar-refractivity contribution in [1.29, 1.82) is 0 Å². The molecule has 3 heterocycles. The van der Waals surface area contributed by atoms with Gasteiger partial charge in [0.05, 0.1) is 17.2 Å². The molecule has 2 aliphatic heterocycles. The van der Waals surface area contributed by atoms with Gasteiger partial charge in [-0.05, 0) is 48.6 Å². The number of amides is 2. The van der Waals surface area contributed by atoms with Crippen molar-refractivity contribution in [2.45, 2.75) is 49.6 Å². The molecular weight excluding hydrogens is 508 g/mol. The molecule has 11 heteroatoms. The fourth-order valence-electron chi connectivity index (χ4n) is 5.53. The van der Waals surface area contributed by atoms with Crippen LogP contribution in [0.1, 0.15) is 65.3 Å². The van der Waals surface area contributed by atoms with Crippen molar-refractivity contribution in [3.63, 3.8) is 0 Å². The number of sulfone groups is 1. The Hall–Kier alpha value is -3.86. The molecule has 3 N–H and O–H groups in total. The lowest BCUT2D eigenvalue weighted by molar-refractivity contribution is -0.130. The Morgan fingerprint density at radius 2 is 1.74 bits per heavy atom. The number of carbonyl (C=O) groups is 2. The molecule has 1 atom stereocenters. The molecule has 10 nitrogen and oxygen atoms in total. The van der Waals surface area contributed by atoms with Crippen LogP contribution in [0.4, 0.5) is 0 Å². The van der Waals surface area contributed by atoms with Crippen LogP contribution in [-0.2, 0) is 21.2 Å². The standard InChI is InChI=1S/C27H30N4O6S/c1-17(32)30-13-10-20(11-14-30)31-23(26(34)29-27(31)35)16-28-25(33)19-8-6-18(7-9-19)21-12-15-38(36,37)24-5-3-2-4-22(21)24/h2-9,20-21,34H,10-16H2,1H3,(H,28,33)(H,29,35). The normalized spacial score (nSPS) is 19.1. The fraction of sp³-hybridized carbons (Fsp3) is 0.370. The highest BCUT2D eigenvalue weighted by molar-refractivity contribution is 7.91. The molecule has 2 aromatic carbocycles. The minimum Gasteiger partial charge on any atom is -0.493 e. The zero-order chi connectivity index (χ0) is 27.0. The highest BCUT2D eigenvalue weighted by Gasteiger charge is 2.31. The van der Waals surface area contributed by atoms with Crippen molar-refractivity contribution >= 4 is 21.7 Å². The Balaban J connectivity index is 1.28. The topological polar surface area (TPSA) is 142 Å². The van der Waals surface area contributed by atoms with Crippen molar-refractivity contribution < 1.29 is 23.1 Å². The number of rotatable bonds is 5. The van der Waals surface area contributed by atoms with E-state index in [1.807, 2.05) is 24.3 Å². The first kappa shape index (κ1) is 25.8. The van der Waals surface area contributed by atoms with E-state index >= 15 is 0 Å². The van der Waals surface area contributed by atoms with Crippen LogP contribution in [0.3, 0.4) is 0 Å². The number of likely N-dealkylation sites (tertiary alicyclic amines) is 1. The molecule has 38 heavy (non-hydrogen) atoms. The quantitative estimate of drug-likeness (QED) is 0.455. The molecule has 5 rings (SSSR count). The lowest BCUT2D eigenvalue weighted by Gasteiger charge is -2.32. The maximum atomic E-state index is 12.9. The largest absolute Gasteiger partial charge is 0.493 e. The Morgan fingerprint density at radius 3 is 2.42 bits per heavy atom. The summed E-state index contributed by atoms with van der Waals surface area (Å²) in [6, 6.07) is 13.9. The molecule has 0 saturated carbocycles. The second-order valence-electron chi connectivity index (χ2n) is 9.84. The predicted octanol–water partition coefficient (Wildman–Crippen LogP) is 2.30. The number of aromatic amines is 1. The third-order valence-electron chi connectivity index (χ3n) is 7.58. The monoisotopic (exact) mass is 538 g/mol. The zero-order valence-corrected chi connectivity index (χ0v) is 21.8. The summed E-state index contributed by atoms with van der Waals surface area (Å²) in [7, 11) is -3.29. The van der Waals surface area contributed by atoms with Gasteiger partial charge in [0.2, 0.25) is 11.8 Å². The predicted molar refractivity (Wildman–Crippen MR) is 140 cm³/mol. The van der Waals surface area contributed by atoms with Crippen LogP contribution in [0.5, 0.6) is 5.88 Å². The van der Waals surface area contributed by atoms with Crippen molar-refractivity contribution in [3.05, 3.63) is 81.4 Å². The van der Waals surface area contributed by atoms with Gasteiger partial charge in [-0.3, -0.25) is 19.1 Å². The van der Waals surface area contributed by atoms with E-state index in [4.69, 9.17) is 0 Å². The summed E-state index contributed by atoms with van der Waals surface area (Å²) in [5.41, 5.74) is 1.95. The average molecular weight is 539 g/mol. The zero-order valence-electron chi connectivity index (χ0n) is 21.0. The van der Waals surface area contributed by atoms with Crippen LogP contribution >= 0.6 is 0 Å². The van der Waals surface area contributed by atoms with E-state index in [0.29, 0.717) is 48.5 Å². The number of nitrogens with zero attached hydrogens (tertiary/aromatic N) is 2. The summed E-state index contributed by atoms with van der Waals surface area (Å²) in [5, 5.41) is 13.1. The highest BCUT2D eigenvalue weighted by atomic mass is 32.2. The van der Waals surface area contributed by atoms with Gasteiger partial charge in [0, 0.05) is 37.5 Å². The van der Waals surface area contributed by atoms with Gasteiger partial charge in [0.25, 0.3) is 5.91 Å². The first-order valence-electron chi connectivity index (χ1n) is 12.6. The molecule has 200 valence electrons. The number of hydrogen-bond donors (Lipinski definition) is 3. The Bertz CT molecular complexity index is 1530. The van der Waals surface area contributed by atoms with Crippen molar-refractivity contribution in [2.75, 3.05) is 18.8 Å². The van der Waals surface area contributed by atoms with E-state index in [1.54, 1.807) is 29.2 Å². The Labute approximate surface area is 220 Å². The number of aromatic hydroxyl groups is 1. The number of nitrogens with one attached hydrogen (secondary N) is 2. The van der Waals surface area contributed by atoms with Crippen LogP contribution in [0.2, 0.25) is 0 Å². The maximum absolute atomic E-state index is 12.9. The maximum Gasteiger partial charge on any atom is 0.328 e. The first-order chi connectivity index (χ1) is 18.2. The lowest BCUT2D eigenvalue weighted by atomic mass is 9.88. The molecule has 0 bridgehead atoms. The summed E-state index contributed by atoms with van der Waals surface area (Å²) in [4.78, 5) is 41.6. The second-order valence-corrected chi connectivity index (χ2v) is 11.9. The number of imidazole rings is 1. The van der Waals surface area contributed by atoms with E-state index in [1.165, 1.54) is 11.5 Å². The molecule has 0 spiro atoms. The van der Waals surface area contributed by atoms with Crippen molar-refractivity contribution in [1.82, 2.24) is 19.8 Å². The summed E-state index contributed by atoms with van der Waals surface area (Å²) in [6.07, 6.45) is 1.62. The van der Waals surface area contributed by atoms with Crippen LogP contribution < -0.4 is 11.0 Å². The van der Waals surface area contributed by atoms with Crippen LogP contribution in [0.25, 0.3) is 0 Å². The number of piperidine rings is 1. The third kappa shape index (κ3) is 4.85. The van der Waals surface area contributed by atoms with Gasteiger partial charge in [0.1, 0.15) is 5.69 Å². The number of hydrogen-bond acceptors (Lipinski definition) is 6.